The molecule has 0 unspecified atom stereocenters. The Morgan fingerprint density at radius 2 is 2.19 bits per heavy atom. The number of aliphatic imine (C=N–C) groups is 1. The molecule has 4 rings (SSSR count). The highest BCUT2D eigenvalue weighted by atomic mass is 16.5. The maximum atomic E-state index is 12.7. The fraction of sp³-hybridized carbons (Fsp3) is 0.400. The van der Waals surface area contributed by atoms with Crippen LogP contribution < -0.4 is 5.32 Å². The van der Waals surface area contributed by atoms with Gasteiger partial charge in [-0.25, -0.2) is 0 Å². The number of fused-ring (bicyclic) bond motifs is 1. The molecule has 0 spiro atoms. The van der Waals surface area contributed by atoms with E-state index in [0.717, 1.165) is 24.0 Å². The molecule has 0 radical (unpaired) electrons. The second-order valence-electron chi connectivity index (χ2n) is 7.57. The van der Waals surface area contributed by atoms with Crippen LogP contribution in [-0.2, 0) is 11.2 Å². The van der Waals surface area contributed by atoms with Crippen molar-refractivity contribution < 1.29 is 9.32 Å². The molecular formula is C20H22N4O2. The number of nitrogens with one attached hydrogen (secondary N) is 1. The third-order valence-electron chi connectivity index (χ3n) is 4.93. The highest BCUT2D eigenvalue weighted by Crippen LogP contribution is 2.34. The summed E-state index contributed by atoms with van der Waals surface area (Å²) in [4.78, 5) is 21.4. The molecule has 0 saturated carbocycles. The monoisotopic (exact) mass is 350 g/mol. The van der Waals surface area contributed by atoms with Crippen LogP contribution in [0.5, 0.6) is 0 Å². The third kappa shape index (κ3) is 3.19. The Kier molecular flexibility index (Phi) is 3.98. The number of aryl methyl sites for hydroxylation is 2. The SMILES string of the molecule is Cc1nc(-c2ccc3c(c2)CC[C@H]3NC(=O)C2=CC=NC(C)(C)C2)no1. The lowest BCUT2D eigenvalue weighted by Crippen LogP contribution is -2.32. The minimum atomic E-state index is -0.216. The molecule has 6 nitrogen and oxygen atoms in total. The molecule has 1 aliphatic heterocycles. The van der Waals surface area contributed by atoms with Crippen molar-refractivity contribution in [1.82, 2.24) is 15.5 Å². The van der Waals surface area contributed by atoms with E-state index in [1.54, 1.807) is 13.1 Å². The molecule has 1 aromatic carbocycles. The van der Waals surface area contributed by atoms with E-state index in [1.807, 2.05) is 26.0 Å². The number of nitrogens with zero attached hydrogens (tertiary/aromatic N) is 3. The first-order valence-electron chi connectivity index (χ1n) is 8.90. The van der Waals surface area contributed by atoms with Crippen molar-refractivity contribution in [3.63, 3.8) is 0 Å². The molecule has 1 amide bonds. The van der Waals surface area contributed by atoms with Crippen LogP contribution in [0.3, 0.4) is 0 Å². The minimum Gasteiger partial charge on any atom is -0.345 e. The normalized spacial score (nSPS) is 20.6. The summed E-state index contributed by atoms with van der Waals surface area (Å²) in [6.45, 7) is 5.85. The van der Waals surface area contributed by atoms with Crippen LogP contribution in [0, 0.1) is 6.92 Å². The van der Waals surface area contributed by atoms with E-state index < -0.39 is 0 Å². The van der Waals surface area contributed by atoms with Gasteiger partial charge in [0.2, 0.25) is 17.6 Å². The summed E-state index contributed by atoms with van der Waals surface area (Å²) in [6.07, 6.45) is 6.04. The van der Waals surface area contributed by atoms with Crippen molar-refractivity contribution in [2.24, 2.45) is 4.99 Å². The van der Waals surface area contributed by atoms with Gasteiger partial charge in [-0.2, -0.15) is 4.98 Å². The molecule has 2 heterocycles. The molecular weight excluding hydrogens is 328 g/mol. The Labute approximate surface area is 152 Å². The van der Waals surface area contributed by atoms with Gasteiger partial charge in [-0.15, -0.1) is 0 Å². The molecule has 1 N–H and O–H groups in total. The van der Waals surface area contributed by atoms with Crippen molar-refractivity contribution in [3.8, 4) is 11.4 Å². The van der Waals surface area contributed by atoms with E-state index in [2.05, 4.69) is 32.6 Å². The molecule has 6 heteroatoms. The van der Waals surface area contributed by atoms with Crippen LogP contribution in [0.25, 0.3) is 11.4 Å². The first-order chi connectivity index (χ1) is 12.4. The minimum absolute atomic E-state index is 0.0000516. The number of allylic oxidation sites excluding steroid dienone is 1. The van der Waals surface area contributed by atoms with Crippen molar-refractivity contribution in [2.45, 2.75) is 51.6 Å². The predicted molar refractivity (Wildman–Crippen MR) is 98.9 cm³/mol. The highest BCUT2D eigenvalue weighted by Gasteiger charge is 2.28. The summed E-state index contributed by atoms with van der Waals surface area (Å²) in [6, 6.07) is 6.20. The van der Waals surface area contributed by atoms with Crippen LogP contribution in [-0.4, -0.2) is 27.8 Å². The van der Waals surface area contributed by atoms with E-state index in [1.165, 1.54) is 11.1 Å². The van der Waals surface area contributed by atoms with E-state index in [9.17, 15) is 4.79 Å². The van der Waals surface area contributed by atoms with Gasteiger partial charge in [-0.05, 0) is 50.0 Å². The lowest BCUT2D eigenvalue weighted by molar-refractivity contribution is -0.118. The Balaban J connectivity index is 1.51. The lowest BCUT2D eigenvalue weighted by Gasteiger charge is -2.25. The number of amides is 1. The quantitative estimate of drug-likeness (QED) is 0.921. The van der Waals surface area contributed by atoms with Gasteiger partial charge in [0, 0.05) is 30.7 Å². The van der Waals surface area contributed by atoms with Crippen molar-refractivity contribution in [3.05, 3.63) is 46.9 Å². The van der Waals surface area contributed by atoms with Gasteiger partial charge in [0.1, 0.15) is 0 Å². The summed E-state index contributed by atoms with van der Waals surface area (Å²) in [5, 5.41) is 7.17. The standard InChI is InChI=1S/C20H22N4O2/c1-12-22-18(24-26-12)14-4-6-16-13(10-14)5-7-17(16)23-19(25)15-8-9-21-20(2,3)11-15/h4,6,8-10,17H,5,7,11H2,1-3H3,(H,23,25)/t17-/m1/s1. The van der Waals surface area contributed by atoms with Crippen LogP contribution in [0.1, 0.15) is 49.7 Å². The zero-order chi connectivity index (χ0) is 18.3. The second kappa shape index (κ2) is 6.20. The van der Waals surface area contributed by atoms with Gasteiger partial charge in [0.05, 0.1) is 11.6 Å². The number of hydrogen-bond donors (Lipinski definition) is 1. The maximum Gasteiger partial charge on any atom is 0.247 e. The third-order valence-corrected chi connectivity index (χ3v) is 4.93. The molecule has 26 heavy (non-hydrogen) atoms. The number of aromatic nitrogens is 2. The number of benzene rings is 1. The fourth-order valence-corrected chi connectivity index (χ4v) is 3.63. The van der Waals surface area contributed by atoms with Gasteiger partial charge in [-0.3, -0.25) is 9.79 Å². The average molecular weight is 350 g/mol. The summed E-state index contributed by atoms with van der Waals surface area (Å²) in [7, 11) is 0. The van der Waals surface area contributed by atoms with Gasteiger partial charge in [0.15, 0.2) is 0 Å². The molecule has 2 aromatic rings. The Bertz CT molecular complexity index is 924. The number of hydrogen-bond acceptors (Lipinski definition) is 5. The Morgan fingerprint density at radius 1 is 1.35 bits per heavy atom. The summed E-state index contributed by atoms with van der Waals surface area (Å²) >= 11 is 0. The van der Waals surface area contributed by atoms with E-state index >= 15 is 0 Å². The zero-order valence-electron chi connectivity index (χ0n) is 15.2. The summed E-state index contributed by atoms with van der Waals surface area (Å²) in [5.41, 5.74) is 3.92. The number of carbonyl (C=O) groups excluding carboxylic acids is 1. The van der Waals surface area contributed by atoms with E-state index in [0.29, 0.717) is 18.1 Å². The van der Waals surface area contributed by atoms with Crippen molar-refractivity contribution in [1.29, 1.82) is 0 Å². The number of dihydropyridines is 1. The molecule has 0 fully saturated rings. The van der Waals surface area contributed by atoms with Crippen LogP contribution in [0.4, 0.5) is 0 Å². The highest BCUT2D eigenvalue weighted by molar-refractivity contribution is 5.98. The van der Waals surface area contributed by atoms with Crippen molar-refractivity contribution in [2.75, 3.05) is 0 Å². The molecule has 0 bridgehead atoms. The topological polar surface area (TPSA) is 80.4 Å². The van der Waals surface area contributed by atoms with Crippen LogP contribution in [0.15, 0.2) is 39.4 Å². The molecule has 134 valence electrons. The van der Waals surface area contributed by atoms with Gasteiger partial charge >= 0.3 is 0 Å². The van der Waals surface area contributed by atoms with Crippen LogP contribution in [0.2, 0.25) is 0 Å². The van der Waals surface area contributed by atoms with E-state index in [4.69, 9.17) is 4.52 Å². The van der Waals surface area contributed by atoms with Crippen molar-refractivity contribution >= 4 is 12.1 Å². The molecule has 1 aromatic heterocycles. The Morgan fingerprint density at radius 3 is 2.92 bits per heavy atom. The van der Waals surface area contributed by atoms with Crippen LogP contribution >= 0.6 is 0 Å². The number of rotatable bonds is 3. The first-order valence-corrected chi connectivity index (χ1v) is 8.90. The zero-order valence-corrected chi connectivity index (χ0v) is 15.2. The predicted octanol–water partition coefficient (Wildman–Crippen LogP) is 3.33. The summed E-state index contributed by atoms with van der Waals surface area (Å²) in [5.74, 6) is 1.16. The van der Waals surface area contributed by atoms with Gasteiger partial charge in [-0.1, -0.05) is 17.3 Å². The van der Waals surface area contributed by atoms with Gasteiger partial charge < -0.3 is 9.84 Å². The second-order valence-corrected chi connectivity index (χ2v) is 7.57. The largest absolute Gasteiger partial charge is 0.345 e. The summed E-state index contributed by atoms with van der Waals surface area (Å²) < 4.78 is 5.06. The van der Waals surface area contributed by atoms with Gasteiger partial charge in [0.25, 0.3) is 0 Å². The molecule has 2 aliphatic rings. The smallest absolute Gasteiger partial charge is 0.247 e. The molecule has 0 saturated heterocycles. The number of carbonyl (C=O) groups is 1. The van der Waals surface area contributed by atoms with E-state index in [-0.39, 0.29) is 17.5 Å². The maximum absolute atomic E-state index is 12.7. The molecule has 1 atom stereocenters. The molecule has 1 aliphatic carbocycles. The first kappa shape index (κ1) is 16.7. The Hall–Kier alpha value is -2.76. The average Bonchev–Trinajstić information content (AvgIpc) is 3.20. The fourth-order valence-electron chi connectivity index (χ4n) is 3.63. The lowest BCUT2D eigenvalue weighted by atomic mass is 9.92.